The van der Waals surface area contributed by atoms with Gasteiger partial charge < -0.3 is 9.64 Å². The van der Waals surface area contributed by atoms with Gasteiger partial charge in [-0.2, -0.15) is 9.61 Å². The fourth-order valence-electron chi connectivity index (χ4n) is 5.19. The molecule has 1 aliphatic heterocycles. The highest BCUT2D eigenvalue weighted by Gasteiger charge is 2.33. The maximum atomic E-state index is 6.44. The lowest BCUT2D eigenvalue weighted by Gasteiger charge is -2.41. The Morgan fingerprint density at radius 3 is 2.21 bits per heavy atom. The molecule has 1 fully saturated rings. The van der Waals surface area contributed by atoms with Crippen molar-refractivity contribution in [2.45, 2.75) is 79.9 Å². The number of nitrogens with zero attached hydrogens (tertiary/aromatic N) is 4. The number of aromatic nitrogens is 3. The molecular weight excluding hydrogens is 408 g/mol. The number of hydrogen-bond acceptors (Lipinski definition) is 4. The number of rotatable bonds is 4. The summed E-state index contributed by atoms with van der Waals surface area (Å²) in [6, 6.07) is 12.5. The first-order valence-electron chi connectivity index (χ1n) is 12.3. The third-order valence-electron chi connectivity index (χ3n) is 6.83. The van der Waals surface area contributed by atoms with Gasteiger partial charge in [0.2, 0.25) is 0 Å². The van der Waals surface area contributed by atoms with Gasteiger partial charge in [0.25, 0.3) is 0 Å². The summed E-state index contributed by atoms with van der Waals surface area (Å²) in [7, 11) is 0. The molecule has 1 unspecified atom stereocenters. The number of anilines is 1. The predicted octanol–water partition coefficient (Wildman–Crippen LogP) is 6.84. The highest BCUT2D eigenvalue weighted by Crippen LogP contribution is 2.39. The monoisotopic (exact) mass is 448 g/mol. The molecule has 0 N–H and O–H groups in total. The Balaban J connectivity index is 1.83. The quantitative estimate of drug-likeness (QED) is 0.438. The highest BCUT2D eigenvalue weighted by atomic mass is 16.5. The summed E-state index contributed by atoms with van der Waals surface area (Å²) in [4.78, 5) is 7.49. The number of fused-ring (bicyclic) bond motifs is 1. The summed E-state index contributed by atoms with van der Waals surface area (Å²) in [5.74, 6) is 1.88. The van der Waals surface area contributed by atoms with Crippen LogP contribution in [-0.4, -0.2) is 33.3 Å². The van der Waals surface area contributed by atoms with Crippen molar-refractivity contribution in [2.24, 2.45) is 11.3 Å². The Labute approximate surface area is 199 Å². The topological polar surface area (TPSA) is 42.7 Å². The summed E-state index contributed by atoms with van der Waals surface area (Å²) >= 11 is 0. The third kappa shape index (κ3) is 5.08. The van der Waals surface area contributed by atoms with Crippen LogP contribution in [-0.2, 0) is 4.74 Å². The molecule has 1 aromatic carbocycles. The van der Waals surface area contributed by atoms with Crippen molar-refractivity contribution in [2.75, 3.05) is 18.0 Å². The van der Waals surface area contributed by atoms with Crippen LogP contribution in [0.25, 0.3) is 16.9 Å². The first kappa shape index (κ1) is 23.7. The Bertz CT molecular complexity index is 1100. The number of hydrogen-bond donors (Lipinski definition) is 0. The summed E-state index contributed by atoms with van der Waals surface area (Å²) in [5.41, 5.74) is 5.23. The molecular formula is C28H40N4O. The van der Waals surface area contributed by atoms with Crippen molar-refractivity contribution < 1.29 is 4.74 Å². The molecule has 1 aliphatic rings. The number of aryl methyl sites for hydroxylation is 1. The molecule has 1 atom stereocenters. The lowest BCUT2D eigenvalue weighted by Crippen LogP contribution is -2.40. The second-order valence-corrected chi connectivity index (χ2v) is 11.6. The SMILES string of the molecule is Cc1nc2cc(-c3ccccc3)nn2c(N2CCC(C(C)(C)C)CC2)c1C(C)OC(C)(C)C. The summed E-state index contributed by atoms with van der Waals surface area (Å²) < 4.78 is 8.50. The predicted molar refractivity (Wildman–Crippen MR) is 137 cm³/mol. The zero-order valence-electron chi connectivity index (χ0n) is 21.6. The van der Waals surface area contributed by atoms with Gasteiger partial charge in [-0.05, 0) is 58.8 Å². The largest absolute Gasteiger partial charge is 0.368 e. The van der Waals surface area contributed by atoms with E-state index < -0.39 is 0 Å². The van der Waals surface area contributed by atoms with E-state index in [1.54, 1.807) is 0 Å². The zero-order chi connectivity index (χ0) is 24.0. The molecule has 0 amide bonds. The first-order chi connectivity index (χ1) is 15.4. The van der Waals surface area contributed by atoms with Gasteiger partial charge in [-0.1, -0.05) is 51.1 Å². The summed E-state index contributed by atoms with van der Waals surface area (Å²) in [6.07, 6.45) is 2.29. The van der Waals surface area contributed by atoms with Crippen LogP contribution in [0.3, 0.4) is 0 Å². The minimum absolute atomic E-state index is 0.0818. The molecule has 3 aromatic rings. The van der Waals surface area contributed by atoms with Crippen molar-refractivity contribution in [3.05, 3.63) is 47.7 Å². The van der Waals surface area contributed by atoms with Gasteiger partial charge >= 0.3 is 0 Å². The van der Waals surface area contributed by atoms with E-state index in [9.17, 15) is 0 Å². The summed E-state index contributed by atoms with van der Waals surface area (Å²) in [5, 5.41) is 5.06. The number of piperidine rings is 1. The molecule has 3 heterocycles. The minimum Gasteiger partial charge on any atom is -0.368 e. The fourth-order valence-corrected chi connectivity index (χ4v) is 5.19. The van der Waals surface area contributed by atoms with Gasteiger partial charge in [0.15, 0.2) is 5.65 Å². The summed E-state index contributed by atoms with van der Waals surface area (Å²) in [6.45, 7) is 19.7. The standard InChI is InChI=1S/C28H40N4O/c1-19-25(20(2)33-28(6,7)8)26(31-16-14-22(15-17-31)27(3,4)5)32-24(29-19)18-23(30-32)21-12-10-9-11-13-21/h9-13,18,20,22H,14-17H2,1-8H3. The van der Waals surface area contributed by atoms with Crippen LogP contribution in [0.15, 0.2) is 36.4 Å². The van der Waals surface area contributed by atoms with E-state index in [1.807, 2.05) is 6.07 Å². The molecule has 0 spiro atoms. The van der Waals surface area contributed by atoms with Crippen molar-refractivity contribution in [3.8, 4) is 11.3 Å². The van der Waals surface area contributed by atoms with E-state index in [0.717, 1.165) is 53.0 Å². The molecule has 0 saturated carbocycles. The average Bonchev–Trinajstić information content (AvgIpc) is 3.15. The smallest absolute Gasteiger partial charge is 0.158 e. The van der Waals surface area contributed by atoms with E-state index in [2.05, 4.69) is 95.1 Å². The number of benzene rings is 1. The van der Waals surface area contributed by atoms with E-state index in [4.69, 9.17) is 14.8 Å². The van der Waals surface area contributed by atoms with Crippen molar-refractivity contribution in [1.29, 1.82) is 0 Å². The van der Waals surface area contributed by atoms with Crippen LogP contribution >= 0.6 is 0 Å². The van der Waals surface area contributed by atoms with E-state index in [-0.39, 0.29) is 11.7 Å². The first-order valence-corrected chi connectivity index (χ1v) is 12.3. The third-order valence-corrected chi connectivity index (χ3v) is 6.83. The Kier molecular flexibility index (Phi) is 6.30. The lowest BCUT2D eigenvalue weighted by molar-refractivity contribution is -0.0533. The van der Waals surface area contributed by atoms with Gasteiger partial charge in [0.1, 0.15) is 5.82 Å². The maximum Gasteiger partial charge on any atom is 0.158 e. The molecule has 33 heavy (non-hydrogen) atoms. The molecule has 5 heteroatoms. The van der Waals surface area contributed by atoms with Gasteiger partial charge in [0.05, 0.1) is 17.4 Å². The van der Waals surface area contributed by atoms with Crippen LogP contribution < -0.4 is 4.90 Å². The molecule has 1 saturated heterocycles. The number of ether oxygens (including phenoxy) is 1. The van der Waals surface area contributed by atoms with Gasteiger partial charge in [0, 0.05) is 36.0 Å². The van der Waals surface area contributed by atoms with E-state index >= 15 is 0 Å². The Morgan fingerprint density at radius 2 is 1.64 bits per heavy atom. The van der Waals surface area contributed by atoms with Gasteiger partial charge in [-0.25, -0.2) is 4.98 Å². The minimum atomic E-state index is -0.239. The molecule has 0 bridgehead atoms. The molecule has 178 valence electrons. The van der Waals surface area contributed by atoms with Crippen molar-refractivity contribution in [1.82, 2.24) is 14.6 Å². The fraction of sp³-hybridized carbons (Fsp3) is 0.571. The van der Waals surface area contributed by atoms with Crippen molar-refractivity contribution >= 4 is 11.5 Å². The second-order valence-electron chi connectivity index (χ2n) is 11.6. The van der Waals surface area contributed by atoms with Gasteiger partial charge in [-0.15, -0.1) is 0 Å². The Morgan fingerprint density at radius 1 is 1.00 bits per heavy atom. The lowest BCUT2D eigenvalue weighted by atomic mass is 9.75. The molecule has 0 aliphatic carbocycles. The molecule has 4 rings (SSSR count). The van der Waals surface area contributed by atoms with E-state index in [1.165, 1.54) is 12.8 Å². The van der Waals surface area contributed by atoms with Crippen LogP contribution in [0.4, 0.5) is 5.82 Å². The van der Waals surface area contributed by atoms with Gasteiger partial charge in [-0.3, -0.25) is 0 Å². The molecule has 5 nitrogen and oxygen atoms in total. The van der Waals surface area contributed by atoms with Crippen LogP contribution in [0, 0.1) is 18.3 Å². The Hall–Kier alpha value is -2.40. The average molecular weight is 449 g/mol. The highest BCUT2D eigenvalue weighted by molar-refractivity contribution is 5.67. The second kappa shape index (κ2) is 8.75. The molecule has 2 aromatic heterocycles. The van der Waals surface area contributed by atoms with Crippen molar-refractivity contribution in [3.63, 3.8) is 0 Å². The maximum absolute atomic E-state index is 6.44. The van der Waals surface area contributed by atoms with Crippen LogP contribution in [0.2, 0.25) is 0 Å². The normalized spacial score (nSPS) is 17.0. The van der Waals surface area contributed by atoms with Crippen LogP contribution in [0.5, 0.6) is 0 Å². The van der Waals surface area contributed by atoms with Crippen LogP contribution in [0.1, 0.15) is 78.7 Å². The zero-order valence-corrected chi connectivity index (χ0v) is 21.6. The van der Waals surface area contributed by atoms with E-state index in [0.29, 0.717) is 5.41 Å². The molecule has 0 radical (unpaired) electrons.